The standard InChI is InChI=1S/C13H19F3N2/c1-9-3-4-10(2)11(7-9)8-12(18-17)5-6-13(14,15)16/h3-4,7,12,18H,5-6,8,17H2,1-2H3. The Balaban J connectivity index is 2.65. The third-order valence-corrected chi connectivity index (χ3v) is 2.98. The highest BCUT2D eigenvalue weighted by molar-refractivity contribution is 5.31. The van der Waals surface area contributed by atoms with Gasteiger partial charge in [0.1, 0.15) is 0 Å². The van der Waals surface area contributed by atoms with Crippen molar-refractivity contribution in [2.24, 2.45) is 5.84 Å². The Morgan fingerprint density at radius 3 is 2.50 bits per heavy atom. The lowest BCUT2D eigenvalue weighted by Crippen LogP contribution is -2.37. The van der Waals surface area contributed by atoms with Gasteiger partial charge >= 0.3 is 6.18 Å². The Bertz CT molecular complexity index is 388. The van der Waals surface area contributed by atoms with Crippen molar-refractivity contribution in [3.63, 3.8) is 0 Å². The van der Waals surface area contributed by atoms with Crippen LogP contribution in [0.5, 0.6) is 0 Å². The quantitative estimate of drug-likeness (QED) is 0.631. The highest BCUT2D eigenvalue weighted by Gasteiger charge is 2.28. The van der Waals surface area contributed by atoms with Crippen LogP contribution in [-0.2, 0) is 6.42 Å². The van der Waals surface area contributed by atoms with E-state index in [1.807, 2.05) is 32.0 Å². The van der Waals surface area contributed by atoms with E-state index in [9.17, 15) is 13.2 Å². The molecule has 0 aliphatic rings. The number of benzene rings is 1. The summed E-state index contributed by atoms with van der Waals surface area (Å²) in [5.74, 6) is 5.32. The molecule has 0 spiro atoms. The van der Waals surface area contributed by atoms with Crippen LogP contribution in [0.4, 0.5) is 13.2 Å². The fourth-order valence-electron chi connectivity index (χ4n) is 1.87. The lowest BCUT2D eigenvalue weighted by molar-refractivity contribution is -0.136. The molecule has 0 heterocycles. The summed E-state index contributed by atoms with van der Waals surface area (Å²) in [6.45, 7) is 3.91. The minimum absolute atomic E-state index is 0.00657. The Labute approximate surface area is 105 Å². The molecule has 0 saturated heterocycles. The van der Waals surface area contributed by atoms with Gasteiger partial charge < -0.3 is 0 Å². The first-order chi connectivity index (χ1) is 8.31. The summed E-state index contributed by atoms with van der Waals surface area (Å²) >= 11 is 0. The van der Waals surface area contributed by atoms with E-state index in [0.717, 1.165) is 16.7 Å². The largest absolute Gasteiger partial charge is 0.389 e. The fraction of sp³-hybridized carbons (Fsp3) is 0.538. The molecule has 0 saturated carbocycles. The number of hydrogen-bond acceptors (Lipinski definition) is 2. The Morgan fingerprint density at radius 1 is 1.28 bits per heavy atom. The molecule has 1 aromatic carbocycles. The Hall–Kier alpha value is -1.07. The second-order valence-corrected chi connectivity index (χ2v) is 4.65. The van der Waals surface area contributed by atoms with Gasteiger partial charge in [-0.2, -0.15) is 13.2 Å². The molecule has 2 nitrogen and oxygen atoms in total. The van der Waals surface area contributed by atoms with E-state index in [0.29, 0.717) is 6.42 Å². The average molecular weight is 260 g/mol. The molecule has 1 aromatic rings. The maximum absolute atomic E-state index is 12.2. The summed E-state index contributed by atoms with van der Waals surface area (Å²) in [7, 11) is 0. The van der Waals surface area contributed by atoms with Crippen LogP contribution >= 0.6 is 0 Å². The van der Waals surface area contributed by atoms with E-state index in [1.54, 1.807) is 0 Å². The second kappa shape index (κ2) is 6.20. The molecule has 102 valence electrons. The first-order valence-corrected chi connectivity index (χ1v) is 5.91. The molecule has 5 heteroatoms. The molecule has 0 amide bonds. The van der Waals surface area contributed by atoms with Gasteiger partial charge in [0, 0.05) is 12.5 Å². The average Bonchev–Trinajstić information content (AvgIpc) is 2.27. The van der Waals surface area contributed by atoms with Crippen LogP contribution in [0.1, 0.15) is 29.5 Å². The molecule has 1 atom stereocenters. The first kappa shape index (κ1) is 15.0. The van der Waals surface area contributed by atoms with Gasteiger partial charge in [-0.1, -0.05) is 23.8 Å². The first-order valence-electron chi connectivity index (χ1n) is 5.91. The minimum Gasteiger partial charge on any atom is -0.271 e. The summed E-state index contributed by atoms with van der Waals surface area (Å²) in [6.07, 6.45) is -4.43. The summed E-state index contributed by atoms with van der Waals surface area (Å²) in [4.78, 5) is 0. The number of halogens is 3. The van der Waals surface area contributed by atoms with Crippen molar-refractivity contribution in [1.82, 2.24) is 5.43 Å². The van der Waals surface area contributed by atoms with E-state index >= 15 is 0 Å². The monoisotopic (exact) mass is 260 g/mol. The third kappa shape index (κ3) is 5.06. The summed E-state index contributed by atoms with van der Waals surface area (Å²) < 4.78 is 36.5. The second-order valence-electron chi connectivity index (χ2n) is 4.65. The highest BCUT2D eigenvalue weighted by atomic mass is 19.4. The lowest BCUT2D eigenvalue weighted by Gasteiger charge is -2.18. The van der Waals surface area contributed by atoms with Crippen LogP contribution in [0.25, 0.3) is 0 Å². The molecule has 1 rings (SSSR count). The van der Waals surface area contributed by atoms with E-state index < -0.39 is 12.6 Å². The predicted octanol–water partition coefficient (Wildman–Crippen LogP) is 3.02. The van der Waals surface area contributed by atoms with E-state index in [1.165, 1.54) is 0 Å². The zero-order valence-corrected chi connectivity index (χ0v) is 10.6. The van der Waals surface area contributed by atoms with Crippen LogP contribution in [0.15, 0.2) is 18.2 Å². The van der Waals surface area contributed by atoms with Crippen molar-refractivity contribution < 1.29 is 13.2 Å². The van der Waals surface area contributed by atoms with Gasteiger partial charge in [-0.3, -0.25) is 11.3 Å². The summed E-state index contributed by atoms with van der Waals surface area (Å²) in [5.41, 5.74) is 5.69. The van der Waals surface area contributed by atoms with Gasteiger partial charge in [-0.05, 0) is 37.8 Å². The number of aryl methyl sites for hydroxylation is 2. The normalized spacial score (nSPS) is 13.7. The smallest absolute Gasteiger partial charge is 0.271 e. The van der Waals surface area contributed by atoms with E-state index in [4.69, 9.17) is 5.84 Å². The van der Waals surface area contributed by atoms with Crippen molar-refractivity contribution in [1.29, 1.82) is 0 Å². The van der Waals surface area contributed by atoms with Gasteiger partial charge in [0.2, 0.25) is 0 Å². The number of hydrogen-bond donors (Lipinski definition) is 2. The molecule has 3 N–H and O–H groups in total. The molecule has 0 fully saturated rings. The van der Waals surface area contributed by atoms with Gasteiger partial charge in [-0.25, -0.2) is 0 Å². The lowest BCUT2D eigenvalue weighted by atomic mass is 9.97. The number of alkyl halides is 3. The van der Waals surface area contributed by atoms with Crippen LogP contribution in [0.2, 0.25) is 0 Å². The maximum Gasteiger partial charge on any atom is 0.389 e. The SMILES string of the molecule is Cc1ccc(C)c(CC(CCC(F)(F)F)NN)c1. The van der Waals surface area contributed by atoms with Gasteiger partial charge in [-0.15, -0.1) is 0 Å². The van der Waals surface area contributed by atoms with E-state index in [-0.39, 0.29) is 12.5 Å². The number of nitrogens with one attached hydrogen (secondary N) is 1. The van der Waals surface area contributed by atoms with Crippen molar-refractivity contribution >= 4 is 0 Å². The maximum atomic E-state index is 12.2. The Morgan fingerprint density at radius 2 is 1.94 bits per heavy atom. The Kier molecular flexibility index (Phi) is 5.16. The minimum atomic E-state index is -4.13. The summed E-state index contributed by atoms with van der Waals surface area (Å²) in [5, 5.41) is 0. The number of nitrogens with two attached hydrogens (primary N) is 1. The zero-order chi connectivity index (χ0) is 13.8. The van der Waals surface area contributed by atoms with Crippen LogP contribution in [0, 0.1) is 13.8 Å². The van der Waals surface area contributed by atoms with E-state index in [2.05, 4.69) is 5.43 Å². The number of hydrazine groups is 1. The molecule has 18 heavy (non-hydrogen) atoms. The van der Waals surface area contributed by atoms with Crippen molar-refractivity contribution in [2.75, 3.05) is 0 Å². The van der Waals surface area contributed by atoms with Crippen molar-refractivity contribution in [3.8, 4) is 0 Å². The van der Waals surface area contributed by atoms with Gasteiger partial charge in [0.15, 0.2) is 0 Å². The van der Waals surface area contributed by atoms with Crippen molar-refractivity contribution in [2.45, 2.75) is 45.3 Å². The van der Waals surface area contributed by atoms with Gasteiger partial charge in [0.05, 0.1) is 0 Å². The summed E-state index contributed by atoms with van der Waals surface area (Å²) in [6, 6.07) is 5.60. The molecule has 0 radical (unpaired) electrons. The molecule has 1 unspecified atom stereocenters. The molecule has 0 aliphatic carbocycles. The van der Waals surface area contributed by atoms with Crippen molar-refractivity contribution in [3.05, 3.63) is 34.9 Å². The number of rotatable bonds is 5. The molecule has 0 aliphatic heterocycles. The molecule has 0 bridgehead atoms. The van der Waals surface area contributed by atoms with Crippen LogP contribution in [0.3, 0.4) is 0 Å². The molecular weight excluding hydrogens is 241 g/mol. The molecule has 0 aromatic heterocycles. The third-order valence-electron chi connectivity index (χ3n) is 2.98. The van der Waals surface area contributed by atoms with Crippen LogP contribution < -0.4 is 11.3 Å². The fourth-order valence-corrected chi connectivity index (χ4v) is 1.87. The predicted molar refractivity (Wildman–Crippen MR) is 66.0 cm³/mol. The topological polar surface area (TPSA) is 38.0 Å². The van der Waals surface area contributed by atoms with Crippen LogP contribution in [-0.4, -0.2) is 12.2 Å². The highest BCUT2D eigenvalue weighted by Crippen LogP contribution is 2.23. The molecular formula is C13H19F3N2. The zero-order valence-electron chi connectivity index (χ0n) is 10.6. The van der Waals surface area contributed by atoms with Gasteiger partial charge in [0.25, 0.3) is 0 Å².